The molecule has 0 spiro atoms. The minimum atomic E-state index is -1.32. The molecule has 0 unspecified atom stereocenters. The summed E-state index contributed by atoms with van der Waals surface area (Å²) >= 11 is 0. The lowest BCUT2D eigenvalue weighted by atomic mass is 10.2. The van der Waals surface area contributed by atoms with E-state index in [2.05, 4.69) is 0 Å². The van der Waals surface area contributed by atoms with E-state index in [1.807, 2.05) is 0 Å². The summed E-state index contributed by atoms with van der Waals surface area (Å²) in [5.74, 6) is -3.83. The minimum absolute atomic E-state index is 0.00991. The molecule has 22 heavy (non-hydrogen) atoms. The molecule has 2 rings (SSSR count). The molecule has 0 aromatic heterocycles. The molecule has 6 nitrogen and oxygen atoms in total. The Kier molecular flexibility index (Phi) is 4.31. The lowest BCUT2D eigenvalue weighted by molar-refractivity contribution is -0.384. The summed E-state index contributed by atoms with van der Waals surface area (Å²) in [7, 11) is 1.25. The summed E-state index contributed by atoms with van der Waals surface area (Å²) in [6.07, 6.45) is 0. The van der Waals surface area contributed by atoms with Crippen LogP contribution in [-0.2, 0) is 0 Å². The monoisotopic (exact) mass is 309 g/mol. The molecular weight excluding hydrogens is 300 g/mol. The van der Waals surface area contributed by atoms with Gasteiger partial charge in [0.05, 0.1) is 18.1 Å². The number of esters is 1. The van der Waals surface area contributed by atoms with E-state index in [-0.39, 0.29) is 17.2 Å². The predicted molar refractivity (Wildman–Crippen MR) is 71.0 cm³/mol. The topological polar surface area (TPSA) is 78.7 Å². The zero-order chi connectivity index (χ0) is 16.3. The van der Waals surface area contributed by atoms with Crippen molar-refractivity contribution in [2.24, 2.45) is 0 Å². The number of ether oxygens (including phenoxy) is 2. The molecule has 0 heterocycles. The number of nitro benzene ring substituents is 1. The van der Waals surface area contributed by atoms with Crippen LogP contribution in [-0.4, -0.2) is 18.0 Å². The van der Waals surface area contributed by atoms with Gasteiger partial charge in [0.25, 0.3) is 5.69 Å². The van der Waals surface area contributed by atoms with Crippen molar-refractivity contribution in [2.45, 2.75) is 0 Å². The number of carbonyl (C=O) groups is 1. The number of hydrogen-bond acceptors (Lipinski definition) is 5. The fraction of sp³-hybridized carbons (Fsp3) is 0.0714. The Balaban J connectivity index is 2.39. The van der Waals surface area contributed by atoms with Crippen molar-refractivity contribution in [3.05, 3.63) is 63.7 Å². The number of benzene rings is 2. The second kappa shape index (κ2) is 6.17. The average Bonchev–Trinajstić information content (AvgIpc) is 2.46. The first-order chi connectivity index (χ1) is 10.4. The quantitative estimate of drug-likeness (QED) is 0.375. The van der Waals surface area contributed by atoms with E-state index in [0.29, 0.717) is 0 Å². The summed E-state index contributed by atoms with van der Waals surface area (Å²) in [6, 6.07) is 6.15. The number of nitrogens with zero attached hydrogens (tertiary/aromatic N) is 1. The van der Waals surface area contributed by atoms with Gasteiger partial charge in [-0.25, -0.2) is 13.6 Å². The first-order valence-electron chi connectivity index (χ1n) is 5.92. The highest BCUT2D eigenvalue weighted by atomic mass is 19.1. The van der Waals surface area contributed by atoms with Crippen molar-refractivity contribution in [2.75, 3.05) is 7.11 Å². The molecule has 0 amide bonds. The normalized spacial score (nSPS) is 10.1. The largest absolute Gasteiger partial charge is 0.493 e. The Hall–Kier alpha value is -3.03. The average molecular weight is 309 g/mol. The summed E-state index contributed by atoms with van der Waals surface area (Å²) in [5, 5.41) is 10.7. The van der Waals surface area contributed by atoms with E-state index in [0.717, 1.165) is 30.3 Å². The molecule has 114 valence electrons. The third-order valence-corrected chi connectivity index (χ3v) is 2.73. The fourth-order valence-electron chi connectivity index (χ4n) is 1.70. The van der Waals surface area contributed by atoms with Crippen LogP contribution in [0.1, 0.15) is 10.4 Å². The van der Waals surface area contributed by atoms with Crippen molar-refractivity contribution in [1.82, 2.24) is 0 Å². The van der Waals surface area contributed by atoms with E-state index in [4.69, 9.17) is 9.47 Å². The van der Waals surface area contributed by atoms with E-state index in [1.54, 1.807) is 0 Å². The fourth-order valence-corrected chi connectivity index (χ4v) is 1.70. The zero-order valence-corrected chi connectivity index (χ0v) is 11.2. The van der Waals surface area contributed by atoms with Gasteiger partial charge in [-0.1, -0.05) is 6.07 Å². The third kappa shape index (κ3) is 3.00. The van der Waals surface area contributed by atoms with E-state index in [1.165, 1.54) is 13.2 Å². The standard InChI is InChI=1S/C14H9F2NO5/c1-21-11-6-5-8(17(19)20)7-12(11)22-14(18)13-9(15)3-2-4-10(13)16/h2-7H,1H3. The zero-order valence-electron chi connectivity index (χ0n) is 11.2. The van der Waals surface area contributed by atoms with Gasteiger partial charge in [-0.15, -0.1) is 0 Å². The molecule has 2 aromatic carbocycles. The number of carbonyl (C=O) groups excluding carboxylic acids is 1. The second-order valence-corrected chi connectivity index (χ2v) is 4.08. The van der Waals surface area contributed by atoms with Crippen LogP contribution in [0.2, 0.25) is 0 Å². The van der Waals surface area contributed by atoms with Crippen molar-refractivity contribution in [1.29, 1.82) is 0 Å². The minimum Gasteiger partial charge on any atom is -0.493 e. The molecule has 0 N–H and O–H groups in total. The van der Waals surface area contributed by atoms with Crippen LogP contribution >= 0.6 is 0 Å². The van der Waals surface area contributed by atoms with Gasteiger partial charge < -0.3 is 9.47 Å². The molecule has 0 aliphatic rings. The van der Waals surface area contributed by atoms with Crippen LogP contribution in [0.5, 0.6) is 11.5 Å². The summed E-state index contributed by atoms with van der Waals surface area (Å²) < 4.78 is 36.7. The summed E-state index contributed by atoms with van der Waals surface area (Å²) in [6.45, 7) is 0. The maximum absolute atomic E-state index is 13.5. The second-order valence-electron chi connectivity index (χ2n) is 4.08. The molecule has 0 radical (unpaired) electrons. The van der Waals surface area contributed by atoms with E-state index < -0.39 is 28.1 Å². The third-order valence-electron chi connectivity index (χ3n) is 2.73. The molecule has 2 aromatic rings. The highest BCUT2D eigenvalue weighted by molar-refractivity contribution is 5.92. The van der Waals surface area contributed by atoms with Crippen LogP contribution in [0.15, 0.2) is 36.4 Å². The molecule has 0 atom stereocenters. The number of rotatable bonds is 4. The van der Waals surface area contributed by atoms with Gasteiger partial charge in [-0.05, 0) is 18.2 Å². The van der Waals surface area contributed by atoms with Crippen LogP contribution < -0.4 is 9.47 Å². The van der Waals surface area contributed by atoms with Gasteiger partial charge in [-0.2, -0.15) is 0 Å². The van der Waals surface area contributed by atoms with Gasteiger partial charge in [0.1, 0.15) is 17.2 Å². The number of nitro groups is 1. The Morgan fingerprint density at radius 2 is 1.77 bits per heavy atom. The molecular formula is C14H9F2NO5. The molecule has 0 saturated heterocycles. The Morgan fingerprint density at radius 1 is 1.14 bits per heavy atom. The van der Waals surface area contributed by atoms with Crippen molar-refractivity contribution in [3.8, 4) is 11.5 Å². The van der Waals surface area contributed by atoms with Crippen LogP contribution in [0.4, 0.5) is 14.5 Å². The summed E-state index contributed by atoms with van der Waals surface area (Å²) in [5.41, 5.74) is -1.26. The van der Waals surface area contributed by atoms with Gasteiger partial charge in [0, 0.05) is 6.07 Å². The summed E-state index contributed by atoms with van der Waals surface area (Å²) in [4.78, 5) is 21.9. The van der Waals surface area contributed by atoms with E-state index in [9.17, 15) is 23.7 Å². The van der Waals surface area contributed by atoms with Crippen molar-refractivity contribution < 1.29 is 28.0 Å². The van der Waals surface area contributed by atoms with Gasteiger partial charge in [0.2, 0.25) is 0 Å². The van der Waals surface area contributed by atoms with Gasteiger partial charge in [0.15, 0.2) is 11.5 Å². The first kappa shape index (κ1) is 15.4. The Bertz CT molecular complexity index is 728. The lowest BCUT2D eigenvalue weighted by Crippen LogP contribution is -2.13. The molecule has 0 aliphatic carbocycles. The maximum atomic E-state index is 13.5. The van der Waals surface area contributed by atoms with E-state index >= 15 is 0 Å². The highest BCUT2D eigenvalue weighted by Crippen LogP contribution is 2.32. The molecule has 8 heteroatoms. The number of halogens is 2. The molecule has 0 fully saturated rings. The van der Waals surface area contributed by atoms with Crippen LogP contribution in [0.25, 0.3) is 0 Å². The van der Waals surface area contributed by atoms with Gasteiger partial charge >= 0.3 is 5.97 Å². The van der Waals surface area contributed by atoms with Gasteiger partial charge in [-0.3, -0.25) is 10.1 Å². The number of hydrogen-bond donors (Lipinski definition) is 0. The van der Waals surface area contributed by atoms with Crippen LogP contribution in [0.3, 0.4) is 0 Å². The maximum Gasteiger partial charge on any atom is 0.349 e. The smallest absolute Gasteiger partial charge is 0.349 e. The Labute approximate surface area is 123 Å². The van der Waals surface area contributed by atoms with Crippen LogP contribution in [0, 0.1) is 21.7 Å². The Morgan fingerprint density at radius 3 is 2.32 bits per heavy atom. The lowest BCUT2D eigenvalue weighted by Gasteiger charge is -2.09. The van der Waals surface area contributed by atoms with Crippen molar-refractivity contribution >= 4 is 11.7 Å². The number of methoxy groups -OCH3 is 1. The predicted octanol–water partition coefficient (Wildman–Crippen LogP) is 3.10. The van der Waals surface area contributed by atoms with Crippen molar-refractivity contribution in [3.63, 3.8) is 0 Å². The highest BCUT2D eigenvalue weighted by Gasteiger charge is 2.22. The molecule has 0 saturated carbocycles. The SMILES string of the molecule is COc1ccc([N+](=O)[O-])cc1OC(=O)c1c(F)cccc1F. The molecule has 0 bridgehead atoms. The number of non-ortho nitro benzene ring substituents is 1. The molecule has 0 aliphatic heterocycles. The first-order valence-corrected chi connectivity index (χ1v) is 5.92.